The minimum Gasteiger partial charge on any atom is -0.258 e. The van der Waals surface area contributed by atoms with E-state index in [0.29, 0.717) is 18.0 Å². The fraction of sp³-hybridized carbons (Fsp3) is 0.273. The molecule has 0 N–H and O–H groups in total. The number of nitro groups is 1. The molecule has 1 heterocycles. The van der Waals surface area contributed by atoms with Gasteiger partial charge in [0, 0.05) is 17.0 Å². The van der Waals surface area contributed by atoms with E-state index in [2.05, 4.69) is 10.3 Å². The minimum atomic E-state index is -0.562. The molecule has 0 spiro atoms. The Kier molecular flexibility index (Phi) is 4.80. The van der Waals surface area contributed by atoms with Gasteiger partial charge in [0.1, 0.15) is 0 Å². The molecule has 0 aliphatic carbocycles. The lowest BCUT2D eigenvalue weighted by Gasteiger charge is -2.05. The second-order valence-corrected chi connectivity index (χ2v) is 5.18. The van der Waals surface area contributed by atoms with E-state index in [0.717, 1.165) is 6.42 Å². The summed E-state index contributed by atoms with van der Waals surface area (Å²) in [6, 6.07) is 2.65. The van der Waals surface area contributed by atoms with Crippen molar-refractivity contribution in [1.29, 1.82) is 0 Å². The summed E-state index contributed by atoms with van der Waals surface area (Å²) in [5.41, 5.74) is 0.605. The lowest BCUT2D eigenvalue weighted by atomic mass is 10.2. The predicted octanol–water partition coefficient (Wildman–Crippen LogP) is 3.65. The molecule has 0 saturated carbocycles. The van der Waals surface area contributed by atoms with E-state index in [9.17, 15) is 10.1 Å². The monoisotopic (exact) mass is 334 g/mol. The summed E-state index contributed by atoms with van der Waals surface area (Å²) in [7, 11) is 0. The zero-order valence-corrected chi connectivity index (χ0v) is 12.4. The third-order valence-corrected chi connectivity index (χ3v) is 3.31. The smallest absolute Gasteiger partial charge is 0.258 e. The Morgan fingerprint density at radius 3 is 2.75 bits per heavy atom. The van der Waals surface area contributed by atoms with Gasteiger partial charge in [0.2, 0.25) is 0 Å². The molecule has 20 heavy (non-hydrogen) atoms. The van der Waals surface area contributed by atoms with Crippen molar-refractivity contribution in [3.05, 3.63) is 44.2 Å². The maximum absolute atomic E-state index is 11.1. The van der Waals surface area contributed by atoms with Crippen molar-refractivity contribution in [2.75, 3.05) is 5.88 Å². The Hall–Kier alpha value is -1.37. The number of nitro benzene ring substituents is 1. The van der Waals surface area contributed by atoms with Gasteiger partial charge in [-0.2, -0.15) is 0 Å². The van der Waals surface area contributed by atoms with Crippen molar-refractivity contribution >= 4 is 40.5 Å². The quantitative estimate of drug-likeness (QED) is 0.475. The van der Waals surface area contributed by atoms with Gasteiger partial charge in [0.25, 0.3) is 5.69 Å². The fourth-order valence-corrected chi connectivity index (χ4v) is 2.39. The number of rotatable bonds is 5. The number of hydrogen-bond donors (Lipinski definition) is 0. The van der Waals surface area contributed by atoms with Crippen LogP contribution in [0, 0.1) is 10.1 Å². The van der Waals surface area contributed by atoms with Crippen molar-refractivity contribution in [3.8, 4) is 5.69 Å². The molecule has 0 aliphatic heterocycles. The Balaban J connectivity index is 2.46. The zero-order chi connectivity index (χ0) is 14.7. The number of halogens is 3. The first-order chi connectivity index (χ1) is 9.52. The highest BCUT2D eigenvalue weighted by Gasteiger charge is 2.21. The molecule has 0 amide bonds. The molecule has 1 aromatic heterocycles. The van der Waals surface area contributed by atoms with Gasteiger partial charge in [-0.05, 0) is 18.9 Å². The maximum atomic E-state index is 11.1. The molecule has 0 saturated heterocycles. The van der Waals surface area contributed by atoms with Crippen molar-refractivity contribution in [2.45, 2.75) is 12.8 Å². The molecule has 0 unspecified atom stereocenters. The van der Waals surface area contributed by atoms with Gasteiger partial charge in [-0.3, -0.25) is 10.1 Å². The summed E-state index contributed by atoms with van der Waals surface area (Å²) in [6.45, 7) is 0. The van der Waals surface area contributed by atoms with Crippen molar-refractivity contribution in [2.24, 2.45) is 0 Å². The lowest BCUT2D eigenvalue weighted by Crippen LogP contribution is -2.02. The summed E-state index contributed by atoms with van der Waals surface area (Å²) in [5.74, 6) is 0.509. The van der Waals surface area contributed by atoms with Crippen LogP contribution in [0.15, 0.2) is 18.3 Å². The summed E-state index contributed by atoms with van der Waals surface area (Å²) >= 11 is 17.4. The van der Waals surface area contributed by atoms with Gasteiger partial charge in [-0.25, -0.2) is 4.68 Å². The topological polar surface area (TPSA) is 73.8 Å². The van der Waals surface area contributed by atoms with Gasteiger partial charge in [-0.15, -0.1) is 16.7 Å². The number of hydrogen-bond acceptors (Lipinski definition) is 4. The molecule has 0 atom stereocenters. The first kappa shape index (κ1) is 15.0. The average molecular weight is 336 g/mol. The zero-order valence-electron chi connectivity index (χ0n) is 10.1. The summed E-state index contributed by atoms with van der Waals surface area (Å²) in [5, 5.41) is 19.2. The first-order valence-electron chi connectivity index (χ1n) is 5.64. The normalized spacial score (nSPS) is 10.8. The molecular weight excluding hydrogens is 327 g/mol. The average Bonchev–Trinajstić information content (AvgIpc) is 2.83. The Bertz CT molecular complexity index is 645. The van der Waals surface area contributed by atoms with Crippen molar-refractivity contribution in [3.63, 3.8) is 0 Å². The summed E-state index contributed by atoms with van der Waals surface area (Å²) in [4.78, 5) is 10.5. The van der Waals surface area contributed by atoms with Gasteiger partial charge < -0.3 is 0 Å². The predicted molar refractivity (Wildman–Crippen MR) is 77.1 cm³/mol. The van der Waals surface area contributed by atoms with Gasteiger partial charge in [0.15, 0.2) is 5.69 Å². The summed E-state index contributed by atoms with van der Waals surface area (Å²) in [6.07, 6.45) is 2.98. The molecule has 2 aromatic rings. The maximum Gasteiger partial charge on any atom is 0.297 e. The van der Waals surface area contributed by atoms with Crippen LogP contribution in [0.25, 0.3) is 5.69 Å². The van der Waals surface area contributed by atoms with Crippen molar-refractivity contribution < 1.29 is 4.92 Å². The van der Waals surface area contributed by atoms with Crippen LogP contribution in [0.5, 0.6) is 0 Å². The first-order valence-corrected chi connectivity index (χ1v) is 6.93. The third kappa shape index (κ3) is 3.20. The van der Waals surface area contributed by atoms with Crippen LogP contribution in [-0.2, 0) is 6.42 Å². The van der Waals surface area contributed by atoms with Crippen LogP contribution in [0.1, 0.15) is 12.1 Å². The summed E-state index contributed by atoms with van der Waals surface area (Å²) < 4.78 is 1.28. The molecular formula is C11H9Cl3N4O2. The van der Waals surface area contributed by atoms with E-state index >= 15 is 0 Å². The Morgan fingerprint density at radius 2 is 2.10 bits per heavy atom. The van der Waals surface area contributed by atoms with Crippen LogP contribution in [0.3, 0.4) is 0 Å². The van der Waals surface area contributed by atoms with Crippen LogP contribution >= 0.6 is 34.8 Å². The number of aromatic nitrogens is 3. The molecule has 9 heteroatoms. The molecule has 1 aromatic carbocycles. The number of aryl methyl sites for hydroxylation is 1. The Morgan fingerprint density at radius 1 is 1.35 bits per heavy atom. The Labute approximate surface area is 129 Å². The highest BCUT2D eigenvalue weighted by Crippen LogP contribution is 2.33. The van der Waals surface area contributed by atoms with E-state index in [1.165, 1.54) is 16.8 Å². The van der Waals surface area contributed by atoms with E-state index in [4.69, 9.17) is 34.8 Å². The lowest BCUT2D eigenvalue weighted by molar-refractivity contribution is -0.384. The number of nitrogens with zero attached hydrogens (tertiary/aromatic N) is 4. The second kappa shape index (κ2) is 6.39. The molecule has 106 valence electrons. The fourth-order valence-electron chi connectivity index (χ4n) is 1.69. The molecule has 6 nitrogen and oxygen atoms in total. The van der Waals surface area contributed by atoms with E-state index in [1.807, 2.05) is 0 Å². The molecule has 2 rings (SSSR count). The van der Waals surface area contributed by atoms with Crippen LogP contribution in [0.4, 0.5) is 5.69 Å². The van der Waals surface area contributed by atoms with Crippen LogP contribution < -0.4 is 0 Å². The number of benzene rings is 1. The highest BCUT2D eigenvalue weighted by atomic mass is 35.5. The van der Waals surface area contributed by atoms with Crippen LogP contribution in [-0.4, -0.2) is 25.8 Å². The van der Waals surface area contributed by atoms with Gasteiger partial charge in [0.05, 0.1) is 21.8 Å². The third-order valence-electron chi connectivity index (χ3n) is 2.54. The van der Waals surface area contributed by atoms with Crippen LogP contribution in [0.2, 0.25) is 10.0 Å². The largest absolute Gasteiger partial charge is 0.297 e. The second-order valence-electron chi connectivity index (χ2n) is 3.96. The minimum absolute atomic E-state index is 0.137. The van der Waals surface area contributed by atoms with Crippen molar-refractivity contribution in [1.82, 2.24) is 15.0 Å². The van der Waals surface area contributed by atoms with Gasteiger partial charge >= 0.3 is 0 Å². The SMILES string of the molecule is O=[N+]([O-])c1cc(Cl)cc(Cl)c1-n1cc(CCCCl)nn1. The number of alkyl halides is 1. The highest BCUT2D eigenvalue weighted by molar-refractivity contribution is 6.36. The van der Waals surface area contributed by atoms with E-state index in [1.54, 1.807) is 6.20 Å². The molecule has 0 bridgehead atoms. The van der Waals surface area contributed by atoms with E-state index < -0.39 is 4.92 Å². The molecule has 0 aliphatic rings. The standard InChI is InChI=1S/C11H9Cl3N4O2/c12-3-1-2-8-6-17(16-15-8)11-9(14)4-7(13)5-10(11)18(19)20/h4-6H,1-3H2. The van der Waals surface area contributed by atoms with Gasteiger partial charge in [-0.1, -0.05) is 28.4 Å². The molecule has 0 fully saturated rings. The van der Waals surface area contributed by atoms with E-state index in [-0.39, 0.29) is 21.4 Å². The molecule has 0 radical (unpaired) electrons.